The van der Waals surface area contributed by atoms with Gasteiger partial charge in [-0.3, -0.25) is 9.59 Å². The summed E-state index contributed by atoms with van der Waals surface area (Å²) in [4.78, 5) is 27.7. The van der Waals surface area contributed by atoms with Crippen molar-refractivity contribution in [3.63, 3.8) is 0 Å². The Hall–Kier alpha value is -2.50. The number of aromatic nitrogens is 1. The molecule has 1 atom stereocenters. The number of fused-ring (bicyclic) bond motifs is 1. The number of carbonyl (C=O) groups excluding carboxylic acids is 1. The Kier molecular flexibility index (Phi) is 3.75. The lowest BCUT2D eigenvalue weighted by Gasteiger charge is -2.15. The highest BCUT2D eigenvalue weighted by atomic mass is 16.5. The van der Waals surface area contributed by atoms with E-state index in [1.807, 2.05) is 24.4 Å². The van der Waals surface area contributed by atoms with Gasteiger partial charge in [0.1, 0.15) is 5.75 Å². The topological polar surface area (TPSA) is 82.6 Å². The van der Waals surface area contributed by atoms with Gasteiger partial charge in [-0.1, -0.05) is 0 Å². The van der Waals surface area contributed by atoms with Gasteiger partial charge in [0, 0.05) is 36.6 Å². The third-order valence-electron chi connectivity index (χ3n) is 4.19. The molecular formula is C16H18N2O4. The van der Waals surface area contributed by atoms with Gasteiger partial charge in [-0.25, -0.2) is 0 Å². The number of H-pyrrole nitrogens is 1. The van der Waals surface area contributed by atoms with Gasteiger partial charge in [0.05, 0.1) is 13.0 Å². The third kappa shape index (κ3) is 2.64. The van der Waals surface area contributed by atoms with E-state index >= 15 is 0 Å². The lowest BCUT2D eigenvalue weighted by atomic mass is 10.1. The summed E-state index contributed by atoms with van der Waals surface area (Å²) in [5.74, 6) is -0.760. The summed E-state index contributed by atoms with van der Waals surface area (Å²) in [5.41, 5.74) is 2.12. The van der Waals surface area contributed by atoms with Crippen molar-refractivity contribution < 1.29 is 19.4 Å². The molecular weight excluding hydrogens is 284 g/mol. The number of amides is 1. The summed E-state index contributed by atoms with van der Waals surface area (Å²) < 4.78 is 5.24. The van der Waals surface area contributed by atoms with Crippen molar-refractivity contribution in [1.82, 2.24) is 9.88 Å². The first-order valence-electron chi connectivity index (χ1n) is 7.23. The molecule has 0 unspecified atom stereocenters. The minimum atomic E-state index is -0.896. The molecule has 1 amide bonds. The molecule has 0 spiro atoms. The fourth-order valence-electron chi connectivity index (χ4n) is 2.90. The van der Waals surface area contributed by atoms with E-state index in [4.69, 9.17) is 9.84 Å². The molecule has 1 fully saturated rings. The molecule has 6 heteroatoms. The Balaban J connectivity index is 1.72. The molecule has 1 aliphatic heterocycles. The van der Waals surface area contributed by atoms with Crippen LogP contribution in [-0.2, 0) is 16.0 Å². The van der Waals surface area contributed by atoms with E-state index in [2.05, 4.69) is 4.98 Å². The molecule has 2 heterocycles. The highest BCUT2D eigenvalue weighted by Gasteiger charge is 2.33. The summed E-state index contributed by atoms with van der Waals surface area (Å²) in [5, 5.41) is 10.1. The standard InChI is InChI=1S/C16H18N2O4/c1-22-12-2-3-14-13(7-12)10(8-17-14)4-5-18-9-11(16(20)21)6-15(18)19/h2-3,7-8,11,17H,4-6,9H2,1H3,(H,20,21)/t11-/m1/s1. The number of methoxy groups -OCH3 is 1. The first kappa shape index (κ1) is 14.4. The second-order valence-corrected chi connectivity index (χ2v) is 5.55. The zero-order chi connectivity index (χ0) is 15.7. The molecule has 2 aromatic rings. The van der Waals surface area contributed by atoms with Crippen LogP contribution in [0.5, 0.6) is 5.75 Å². The van der Waals surface area contributed by atoms with E-state index in [-0.39, 0.29) is 12.3 Å². The number of aromatic amines is 1. The van der Waals surface area contributed by atoms with Crippen molar-refractivity contribution in [2.45, 2.75) is 12.8 Å². The maximum absolute atomic E-state index is 11.8. The largest absolute Gasteiger partial charge is 0.497 e. The monoisotopic (exact) mass is 302 g/mol. The molecule has 1 aromatic heterocycles. The Morgan fingerprint density at radius 3 is 3.00 bits per heavy atom. The number of carbonyl (C=O) groups is 2. The Morgan fingerprint density at radius 2 is 2.32 bits per heavy atom. The van der Waals surface area contributed by atoms with E-state index in [1.165, 1.54) is 0 Å². The molecule has 6 nitrogen and oxygen atoms in total. The highest BCUT2D eigenvalue weighted by Crippen LogP contribution is 2.25. The predicted molar refractivity (Wildman–Crippen MR) is 80.9 cm³/mol. The van der Waals surface area contributed by atoms with Gasteiger partial charge >= 0.3 is 5.97 Å². The first-order chi connectivity index (χ1) is 10.6. The van der Waals surface area contributed by atoms with Gasteiger partial charge in [0.15, 0.2) is 0 Å². The number of ether oxygens (including phenoxy) is 1. The average molecular weight is 302 g/mol. The second-order valence-electron chi connectivity index (χ2n) is 5.55. The van der Waals surface area contributed by atoms with Crippen molar-refractivity contribution in [3.8, 4) is 5.75 Å². The number of likely N-dealkylation sites (tertiary alicyclic amines) is 1. The molecule has 0 saturated carbocycles. The van der Waals surface area contributed by atoms with E-state index in [9.17, 15) is 9.59 Å². The first-order valence-corrected chi connectivity index (χ1v) is 7.23. The maximum Gasteiger partial charge on any atom is 0.308 e. The number of rotatable bonds is 5. The number of aliphatic carboxylic acids is 1. The van der Waals surface area contributed by atoms with Crippen molar-refractivity contribution in [2.24, 2.45) is 5.92 Å². The van der Waals surface area contributed by atoms with Crippen LogP contribution >= 0.6 is 0 Å². The van der Waals surface area contributed by atoms with Gasteiger partial charge in [-0.15, -0.1) is 0 Å². The zero-order valence-electron chi connectivity index (χ0n) is 12.3. The van der Waals surface area contributed by atoms with E-state index < -0.39 is 11.9 Å². The van der Waals surface area contributed by atoms with Gasteiger partial charge < -0.3 is 19.7 Å². The van der Waals surface area contributed by atoms with Crippen LogP contribution in [0.4, 0.5) is 0 Å². The smallest absolute Gasteiger partial charge is 0.308 e. The number of nitrogens with zero attached hydrogens (tertiary/aromatic N) is 1. The highest BCUT2D eigenvalue weighted by molar-refractivity contribution is 5.86. The molecule has 3 rings (SSSR count). The number of carboxylic acid groups (broad SMARTS) is 1. The summed E-state index contributed by atoms with van der Waals surface area (Å²) in [7, 11) is 1.63. The fourth-order valence-corrected chi connectivity index (χ4v) is 2.90. The van der Waals surface area contributed by atoms with Crippen LogP contribution in [0.15, 0.2) is 24.4 Å². The second kappa shape index (κ2) is 5.71. The van der Waals surface area contributed by atoms with Crippen LogP contribution in [-0.4, -0.2) is 47.1 Å². The Bertz CT molecular complexity index is 722. The molecule has 22 heavy (non-hydrogen) atoms. The van der Waals surface area contributed by atoms with Crippen molar-refractivity contribution in [3.05, 3.63) is 30.0 Å². The maximum atomic E-state index is 11.8. The Labute approximate surface area is 127 Å². The van der Waals surface area contributed by atoms with Gasteiger partial charge in [-0.05, 0) is 30.2 Å². The number of carboxylic acids is 1. The fraction of sp³-hybridized carbons (Fsp3) is 0.375. The Morgan fingerprint density at radius 1 is 1.50 bits per heavy atom. The number of hydrogen-bond acceptors (Lipinski definition) is 3. The summed E-state index contributed by atoms with van der Waals surface area (Å²) in [6.07, 6.45) is 2.72. The lowest BCUT2D eigenvalue weighted by molar-refractivity contribution is -0.141. The van der Waals surface area contributed by atoms with Gasteiger partial charge in [-0.2, -0.15) is 0 Å². The van der Waals surface area contributed by atoms with Crippen LogP contribution in [0.2, 0.25) is 0 Å². The molecule has 1 aromatic carbocycles. The van der Waals surface area contributed by atoms with Crippen LogP contribution in [0.25, 0.3) is 10.9 Å². The zero-order valence-corrected chi connectivity index (χ0v) is 12.3. The number of hydrogen-bond donors (Lipinski definition) is 2. The minimum absolute atomic E-state index is 0.0789. The minimum Gasteiger partial charge on any atom is -0.497 e. The molecule has 0 radical (unpaired) electrons. The van der Waals surface area contributed by atoms with Crippen molar-refractivity contribution in [2.75, 3.05) is 20.2 Å². The molecule has 0 bridgehead atoms. The van der Waals surface area contributed by atoms with Crippen LogP contribution in [0.3, 0.4) is 0 Å². The lowest BCUT2D eigenvalue weighted by Crippen LogP contribution is -2.28. The third-order valence-corrected chi connectivity index (χ3v) is 4.19. The van der Waals surface area contributed by atoms with Crippen LogP contribution < -0.4 is 4.74 Å². The molecule has 1 saturated heterocycles. The number of benzene rings is 1. The summed E-state index contributed by atoms with van der Waals surface area (Å²) >= 11 is 0. The van der Waals surface area contributed by atoms with E-state index in [0.29, 0.717) is 19.5 Å². The number of nitrogens with one attached hydrogen (secondary N) is 1. The SMILES string of the molecule is COc1ccc2[nH]cc(CCN3C[C@H](C(=O)O)CC3=O)c2c1. The summed E-state index contributed by atoms with van der Waals surface area (Å²) in [6, 6.07) is 5.82. The molecule has 0 aliphatic carbocycles. The summed E-state index contributed by atoms with van der Waals surface area (Å²) in [6.45, 7) is 0.840. The van der Waals surface area contributed by atoms with Crippen LogP contribution in [0, 0.1) is 5.92 Å². The molecule has 1 aliphatic rings. The van der Waals surface area contributed by atoms with E-state index in [0.717, 1.165) is 22.2 Å². The normalized spacial score (nSPS) is 18.1. The molecule has 2 N–H and O–H groups in total. The molecule has 116 valence electrons. The quantitative estimate of drug-likeness (QED) is 0.880. The van der Waals surface area contributed by atoms with Gasteiger partial charge in [0.25, 0.3) is 0 Å². The van der Waals surface area contributed by atoms with Crippen LogP contribution in [0.1, 0.15) is 12.0 Å². The van der Waals surface area contributed by atoms with Crippen molar-refractivity contribution >= 4 is 22.8 Å². The van der Waals surface area contributed by atoms with Crippen molar-refractivity contribution in [1.29, 1.82) is 0 Å². The predicted octanol–water partition coefficient (Wildman–Crippen LogP) is 1.65. The van der Waals surface area contributed by atoms with E-state index in [1.54, 1.807) is 12.0 Å². The average Bonchev–Trinajstić information content (AvgIpc) is 3.08. The van der Waals surface area contributed by atoms with Gasteiger partial charge in [0.2, 0.25) is 5.91 Å².